The Bertz CT molecular complexity index is 552. The molecule has 2 rings (SSSR count). The van der Waals surface area contributed by atoms with E-state index < -0.39 is 0 Å². The fourth-order valence-corrected chi connectivity index (χ4v) is 1.96. The van der Waals surface area contributed by atoms with Gasteiger partial charge in [-0.25, -0.2) is 0 Å². The van der Waals surface area contributed by atoms with Crippen LogP contribution in [0, 0.1) is 0 Å². The number of carbonyl (C=O) groups excluding carboxylic acids is 1. The number of alkyl halides is 1. The van der Waals surface area contributed by atoms with Gasteiger partial charge in [-0.15, -0.1) is 0 Å². The zero-order valence-electron chi connectivity index (χ0n) is 9.47. The second-order valence-corrected chi connectivity index (χ2v) is 4.25. The van der Waals surface area contributed by atoms with Gasteiger partial charge in [-0.1, -0.05) is 30.3 Å². The van der Waals surface area contributed by atoms with Crippen LogP contribution in [0.15, 0.2) is 48.5 Å². The van der Waals surface area contributed by atoms with E-state index in [0.717, 1.165) is 0 Å². The Kier molecular flexibility index (Phi) is 4.19. The summed E-state index contributed by atoms with van der Waals surface area (Å²) in [6.45, 7) is 0. The summed E-state index contributed by atoms with van der Waals surface area (Å²) >= 11 is 2.06. The van der Waals surface area contributed by atoms with Gasteiger partial charge in [-0.05, 0) is 34.7 Å². The predicted molar refractivity (Wildman–Crippen MR) is 77.5 cm³/mol. The fourth-order valence-electron chi connectivity index (χ4n) is 1.60. The molecule has 4 heteroatoms. The number of benzene rings is 2. The van der Waals surface area contributed by atoms with Gasteiger partial charge in [0.15, 0.2) is 5.78 Å². The Hall–Kier alpha value is -1.56. The molecular weight excluding hydrogens is 343 g/mol. The molecule has 3 nitrogen and oxygen atoms in total. The summed E-state index contributed by atoms with van der Waals surface area (Å²) in [5.41, 5.74) is 0.831. The Morgan fingerprint density at radius 3 is 2.50 bits per heavy atom. The first kappa shape index (κ1) is 12.9. The lowest BCUT2D eigenvalue weighted by atomic mass is 10.0. The van der Waals surface area contributed by atoms with Crippen molar-refractivity contribution in [3.63, 3.8) is 0 Å². The van der Waals surface area contributed by atoms with Gasteiger partial charge in [0.05, 0.1) is 5.56 Å². The van der Waals surface area contributed by atoms with E-state index in [9.17, 15) is 9.90 Å². The van der Waals surface area contributed by atoms with Crippen LogP contribution in [-0.2, 0) is 0 Å². The highest BCUT2D eigenvalue weighted by atomic mass is 127. The van der Waals surface area contributed by atoms with Crippen molar-refractivity contribution in [2.24, 2.45) is 0 Å². The molecule has 0 saturated carbocycles. The molecule has 0 heterocycles. The van der Waals surface area contributed by atoms with Crippen LogP contribution in [0.2, 0.25) is 0 Å². The molecule has 2 aromatic carbocycles. The van der Waals surface area contributed by atoms with Gasteiger partial charge >= 0.3 is 0 Å². The molecule has 0 saturated heterocycles. The van der Waals surface area contributed by atoms with Crippen molar-refractivity contribution in [3.8, 4) is 11.5 Å². The highest BCUT2D eigenvalue weighted by Crippen LogP contribution is 2.26. The Morgan fingerprint density at radius 2 is 1.89 bits per heavy atom. The van der Waals surface area contributed by atoms with E-state index >= 15 is 0 Å². The van der Waals surface area contributed by atoms with Gasteiger partial charge in [-0.3, -0.25) is 4.79 Å². The number of halogens is 1. The molecule has 0 aromatic heterocycles. The highest BCUT2D eigenvalue weighted by Gasteiger charge is 2.13. The maximum absolute atomic E-state index is 12.1. The monoisotopic (exact) mass is 354 g/mol. The van der Waals surface area contributed by atoms with Crippen molar-refractivity contribution in [1.29, 1.82) is 0 Å². The van der Waals surface area contributed by atoms with Crippen molar-refractivity contribution < 1.29 is 14.6 Å². The van der Waals surface area contributed by atoms with Crippen LogP contribution in [-0.4, -0.2) is 15.5 Å². The van der Waals surface area contributed by atoms with Gasteiger partial charge in [-0.2, -0.15) is 0 Å². The molecule has 92 valence electrons. The smallest absolute Gasteiger partial charge is 0.196 e. The summed E-state index contributed by atoms with van der Waals surface area (Å²) in [5, 5.41) is 9.85. The minimum absolute atomic E-state index is 0.0637. The van der Waals surface area contributed by atoms with Crippen molar-refractivity contribution in [2.45, 2.75) is 0 Å². The number of phenolic OH excluding ortho intramolecular Hbond substituents is 1. The first-order valence-electron chi connectivity index (χ1n) is 5.34. The van der Waals surface area contributed by atoms with Crippen LogP contribution in [0.1, 0.15) is 15.9 Å². The van der Waals surface area contributed by atoms with Crippen molar-refractivity contribution in [3.05, 3.63) is 59.7 Å². The first-order valence-corrected chi connectivity index (χ1v) is 6.86. The average molecular weight is 354 g/mol. The van der Waals surface area contributed by atoms with Gasteiger partial charge in [0.1, 0.15) is 16.1 Å². The third-order valence-electron chi connectivity index (χ3n) is 2.47. The normalized spacial score (nSPS) is 10.1. The Morgan fingerprint density at radius 1 is 1.17 bits per heavy atom. The Balaban J connectivity index is 2.32. The largest absolute Gasteiger partial charge is 0.507 e. The molecule has 0 aliphatic carbocycles. The van der Waals surface area contributed by atoms with Crippen LogP contribution in [0.5, 0.6) is 11.5 Å². The summed E-state index contributed by atoms with van der Waals surface area (Å²) in [7, 11) is 0. The number of ether oxygens (including phenoxy) is 1. The second-order valence-electron chi connectivity index (χ2n) is 3.63. The van der Waals surface area contributed by atoms with E-state index in [2.05, 4.69) is 22.6 Å². The third kappa shape index (κ3) is 2.81. The molecule has 18 heavy (non-hydrogen) atoms. The average Bonchev–Trinajstić information content (AvgIpc) is 2.40. The highest BCUT2D eigenvalue weighted by molar-refractivity contribution is 14.1. The number of phenols is 1. The van der Waals surface area contributed by atoms with E-state index in [-0.39, 0.29) is 17.1 Å². The van der Waals surface area contributed by atoms with Crippen LogP contribution >= 0.6 is 22.6 Å². The molecule has 0 amide bonds. The van der Waals surface area contributed by atoms with E-state index in [1.54, 1.807) is 36.4 Å². The summed E-state index contributed by atoms with van der Waals surface area (Å²) in [6, 6.07) is 13.6. The van der Waals surface area contributed by atoms with Gasteiger partial charge < -0.3 is 9.84 Å². The zero-order chi connectivity index (χ0) is 13.0. The molecule has 0 radical (unpaired) electrons. The van der Waals surface area contributed by atoms with Crippen molar-refractivity contribution in [1.82, 2.24) is 0 Å². The van der Waals surface area contributed by atoms with E-state index in [1.807, 2.05) is 6.07 Å². The van der Waals surface area contributed by atoms with E-state index in [0.29, 0.717) is 15.9 Å². The zero-order valence-corrected chi connectivity index (χ0v) is 11.6. The van der Waals surface area contributed by atoms with E-state index in [4.69, 9.17) is 4.74 Å². The Labute approximate surface area is 119 Å². The summed E-state index contributed by atoms with van der Waals surface area (Å²) in [5.74, 6) is 0.284. The topological polar surface area (TPSA) is 46.5 Å². The summed E-state index contributed by atoms with van der Waals surface area (Å²) < 4.78 is 5.73. The predicted octanol–water partition coefficient (Wildman–Crippen LogP) is 3.39. The number of hydrogen-bond acceptors (Lipinski definition) is 3. The number of ketones is 1. The molecule has 1 N–H and O–H groups in total. The van der Waals surface area contributed by atoms with Crippen molar-refractivity contribution >= 4 is 28.4 Å². The summed E-state index contributed by atoms with van der Waals surface area (Å²) in [4.78, 5) is 12.1. The minimum Gasteiger partial charge on any atom is -0.507 e. The molecular formula is C14H11IO3. The second kappa shape index (κ2) is 5.86. The maximum Gasteiger partial charge on any atom is 0.196 e. The standard InChI is InChI=1S/C14H11IO3/c15-9-18-11-6-7-12(13(16)8-11)14(17)10-4-2-1-3-5-10/h1-8,16H,9H2. The molecule has 0 spiro atoms. The van der Waals surface area contributed by atoms with Crippen LogP contribution in [0.4, 0.5) is 0 Å². The number of hydrogen-bond donors (Lipinski definition) is 1. The van der Waals surface area contributed by atoms with Gasteiger partial charge in [0.25, 0.3) is 0 Å². The van der Waals surface area contributed by atoms with Crippen LogP contribution in [0.25, 0.3) is 0 Å². The fraction of sp³-hybridized carbons (Fsp3) is 0.0714. The maximum atomic E-state index is 12.1. The third-order valence-corrected chi connectivity index (χ3v) is 2.78. The van der Waals surface area contributed by atoms with Gasteiger partial charge in [0.2, 0.25) is 0 Å². The quantitative estimate of drug-likeness (QED) is 0.520. The lowest BCUT2D eigenvalue weighted by Crippen LogP contribution is -2.01. The molecule has 0 aliphatic heterocycles. The van der Waals surface area contributed by atoms with Crippen molar-refractivity contribution in [2.75, 3.05) is 4.61 Å². The minimum atomic E-state index is -0.200. The molecule has 0 aliphatic rings. The van der Waals surface area contributed by atoms with E-state index in [1.165, 1.54) is 6.07 Å². The lowest BCUT2D eigenvalue weighted by Gasteiger charge is -2.07. The number of rotatable bonds is 4. The first-order chi connectivity index (χ1) is 8.72. The SMILES string of the molecule is O=C(c1ccccc1)c1ccc(OCI)cc1O. The van der Waals surface area contributed by atoms with Crippen LogP contribution < -0.4 is 4.74 Å². The number of aromatic hydroxyl groups is 1. The molecule has 2 aromatic rings. The van der Waals surface area contributed by atoms with Gasteiger partial charge in [0, 0.05) is 11.6 Å². The molecule has 0 bridgehead atoms. The molecule has 0 atom stereocenters. The number of carbonyl (C=O) groups is 1. The van der Waals surface area contributed by atoms with Crippen LogP contribution in [0.3, 0.4) is 0 Å². The molecule has 0 unspecified atom stereocenters. The molecule has 0 fully saturated rings. The summed E-state index contributed by atoms with van der Waals surface area (Å²) in [6.07, 6.45) is 0. The lowest BCUT2D eigenvalue weighted by molar-refractivity contribution is 0.103.